The van der Waals surface area contributed by atoms with Gasteiger partial charge in [-0.15, -0.1) is 0 Å². The molecule has 0 spiro atoms. The minimum atomic E-state index is 0.00624. The monoisotopic (exact) mass is 280 g/mol. The van der Waals surface area contributed by atoms with Crippen molar-refractivity contribution < 1.29 is 14.3 Å². The molecule has 1 aromatic carbocycles. The molecule has 19 heavy (non-hydrogen) atoms. The topological polar surface area (TPSA) is 64.8 Å². The average molecular weight is 280 g/mol. The zero-order valence-electron chi connectivity index (χ0n) is 10.5. The molecular weight excluding hydrogens is 264 g/mol. The number of hydrogen-bond acceptors (Lipinski definition) is 4. The van der Waals surface area contributed by atoms with Crippen molar-refractivity contribution in [3.8, 4) is 5.75 Å². The fourth-order valence-electron chi connectivity index (χ4n) is 1.80. The van der Waals surface area contributed by atoms with Crippen molar-refractivity contribution in [3.63, 3.8) is 0 Å². The van der Waals surface area contributed by atoms with Crippen molar-refractivity contribution in [2.45, 2.75) is 0 Å². The lowest BCUT2D eigenvalue weighted by Crippen LogP contribution is -2.43. The first-order valence-electron chi connectivity index (χ1n) is 6.05. The molecule has 6 heteroatoms. The highest BCUT2D eigenvalue weighted by Crippen LogP contribution is 2.13. The van der Waals surface area contributed by atoms with Gasteiger partial charge in [-0.05, 0) is 12.1 Å². The van der Waals surface area contributed by atoms with Crippen LogP contribution in [0.2, 0.25) is 0 Å². The van der Waals surface area contributed by atoms with E-state index in [1.165, 1.54) is 0 Å². The summed E-state index contributed by atoms with van der Waals surface area (Å²) in [6.07, 6.45) is 0. The number of hydrogen-bond donors (Lipinski definition) is 1. The normalized spacial score (nSPS) is 15.4. The SMILES string of the molecule is NC(=S)c1cccc(OCCN2CCOCC2=O)c1. The Balaban J connectivity index is 1.83. The number of morpholine rings is 1. The van der Waals surface area contributed by atoms with E-state index >= 15 is 0 Å². The first-order valence-corrected chi connectivity index (χ1v) is 6.46. The summed E-state index contributed by atoms with van der Waals surface area (Å²) < 4.78 is 10.7. The van der Waals surface area contributed by atoms with Crippen LogP contribution in [-0.4, -0.2) is 48.7 Å². The number of amides is 1. The van der Waals surface area contributed by atoms with E-state index < -0.39 is 0 Å². The van der Waals surface area contributed by atoms with E-state index in [0.717, 1.165) is 5.56 Å². The van der Waals surface area contributed by atoms with E-state index in [0.29, 0.717) is 37.0 Å². The van der Waals surface area contributed by atoms with Gasteiger partial charge in [-0.25, -0.2) is 0 Å². The second-order valence-corrected chi connectivity index (χ2v) is 4.61. The Kier molecular flexibility index (Phi) is 4.70. The Hall–Kier alpha value is -1.66. The molecule has 1 aliphatic rings. The van der Waals surface area contributed by atoms with Gasteiger partial charge in [0.25, 0.3) is 0 Å². The number of rotatable bonds is 5. The predicted molar refractivity (Wildman–Crippen MR) is 75.2 cm³/mol. The van der Waals surface area contributed by atoms with Crippen molar-refractivity contribution in [3.05, 3.63) is 29.8 Å². The summed E-state index contributed by atoms with van der Waals surface area (Å²) in [4.78, 5) is 13.6. The molecular formula is C13H16N2O3S. The highest BCUT2D eigenvalue weighted by molar-refractivity contribution is 7.80. The van der Waals surface area contributed by atoms with Crippen molar-refractivity contribution in [1.82, 2.24) is 4.90 Å². The summed E-state index contributed by atoms with van der Waals surface area (Å²) >= 11 is 4.91. The average Bonchev–Trinajstić information content (AvgIpc) is 2.41. The quantitative estimate of drug-likeness (QED) is 0.798. The standard InChI is InChI=1S/C13H16N2O3S/c14-13(19)10-2-1-3-11(8-10)18-7-5-15-4-6-17-9-12(15)16/h1-3,8H,4-7,9H2,(H2,14,19). The van der Waals surface area contributed by atoms with Crippen LogP contribution in [0.25, 0.3) is 0 Å². The summed E-state index contributed by atoms with van der Waals surface area (Å²) in [5.74, 6) is 0.706. The molecule has 1 aliphatic heterocycles. The molecule has 0 bridgehead atoms. The first kappa shape index (κ1) is 13.8. The van der Waals surface area contributed by atoms with Gasteiger partial charge in [-0.3, -0.25) is 4.79 Å². The maximum atomic E-state index is 11.5. The zero-order chi connectivity index (χ0) is 13.7. The molecule has 1 aromatic rings. The van der Waals surface area contributed by atoms with Crippen molar-refractivity contribution >= 4 is 23.1 Å². The van der Waals surface area contributed by atoms with Crippen LogP contribution in [0, 0.1) is 0 Å². The number of carbonyl (C=O) groups is 1. The summed E-state index contributed by atoms with van der Waals surface area (Å²) in [6, 6.07) is 7.30. The molecule has 1 amide bonds. The van der Waals surface area contributed by atoms with Crippen LogP contribution >= 0.6 is 12.2 Å². The molecule has 2 rings (SSSR count). The lowest BCUT2D eigenvalue weighted by atomic mass is 10.2. The van der Waals surface area contributed by atoms with Crippen LogP contribution in [0.5, 0.6) is 5.75 Å². The molecule has 0 aromatic heterocycles. The molecule has 1 heterocycles. The molecule has 102 valence electrons. The Morgan fingerprint density at radius 2 is 2.37 bits per heavy atom. The third kappa shape index (κ3) is 3.90. The number of carbonyl (C=O) groups excluding carboxylic acids is 1. The van der Waals surface area contributed by atoms with E-state index in [-0.39, 0.29) is 12.5 Å². The van der Waals surface area contributed by atoms with Crippen molar-refractivity contribution in [2.24, 2.45) is 5.73 Å². The Morgan fingerprint density at radius 1 is 1.53 bits per heavy atom. The summed E-state index contributed by atoms with van der Waals surface area (Å²) in [5.41, 5.74) is 6.33. The van der Waals surface area contributed by atoms with Gasteiger partial charge in [0.2, 0.25) is 5.91 Å². The minimum absolute atomic E-state index is 0.00624. The first-order chi connectivity index (χ1) is 9.16. The number of ether oxygens (including phenoxy) is 2. The molecule has 0 aliphatic carbocycles. The molecule has 0 saturated carbocycles. The van der Waals surface area contributed by atoms with Gasteiger partial charge < -0.3 is 20.1 Å². The van der Waals surface area contributed by atoms with Crippen molar-refractivity contribution in [2.75, 3.05) is 32.9 Å². The van der Waals surface area contributed by atoms with E-state index in [9.17, 15) is 4.79 Å². The Morgan fingerprint density at radius 3 is 3.11 bits per heavy atom. The maximum Gasteiger partial charge on any atom is 0.248 e. The molecule has 0 unspecified atom stereocenters. The number of nitrogens with two attached hydrogens (primary N) is 1. The lowest BCUT2D eigenvalue weighted by molar-refractivity contribution is -0.143. The second kappa shape index (κ2) is 6.49. The van der Waals surface area contributed by atoms with Crippen molar-refractivity contribution in [1.29, 1.82) is 0 Å². The van der Waals surface area contributed by atoms with Gasteiger partial charge in [0.15, 0.2) is 0 Å². The largest absolute Gasteiger partial charge is 0.492 e. The van der Waals surface area contributed by atoms with Crippen LogP contribution in [0.1, 0.15) is 5.56 Å². The summed E-state index contributed by atoms with van der Waals surface area (Å²) in [5, 5.41) is 0. The molecule has 0 radical (unpaired) electrons. The van der Waals surface area contributed by atoms with E-state index in [1.807, 2.05) is 18.2 Å². The number of benzene rings is 1. The summed E-state index contributed by atoms with van der Waals surface area (Å²) in [7, 11) is 0. The summed E-state index contributed by atoms with van der Waals surface area (Å²) in [6.45, 7) is 2.36. The van der Waals surface area contributed by atoms with Crippen LogP contribution in [0.4, 0.5) is 0 Å². The fraction of sp³-hybridized carbons (Fsp3) is 0.385. The minimum Gasteiger partial charge on any atom is -0.492 e. The van der Waals surface area contributed by atoms with E-state index in [1.54, 1.807) is 11.0 Å². The molecule has 1 fully saturated rings. The van der Waals surface area contributed by atoms with Gasteiger partial charge >= 0.3 is 0 Å². The smallest absolute Gasteiger partial charge is 0.248 e. The van der Waals surface area contributed by atoms with Crippen LogP contribution in [0.15, 0.2) is 24.3 Å². The van der Waals surface area contributed by atoms with Gasteiger partial charge in [-0.2, -0.15) is 0 Å². The highest BCUT2D eigenvalue weighted by atomic mass is 32.1. The fourth-order valence-corrected chi connectivity index (χ4v) is 1.93. The third-order valence-corrected chi connectivity index (χ3v) is 3.07. The van der Waals surface area contributed by atoms with Gasteiger partial charge in [-0.1, -0.05) is 24.4 Å². The predicted octanol–water partition coefficient (Wildman–Crippen LogP) is 0.558. The highest BCUT2D eigenvalue weighted by Gasteiger charge is 2.17. The van der Waals surface area contributed by atoms with E-state index in [2.05, 4.69) is 0 Å². The zero-order valence-corrected chi connectivity index (χ0v) is 11.3. The Labute approximate surface area is 117 Å². The van der Waals surface area contributed by atoms with Crippen LogP contribution in [0.3, 0.4) is 0 Å². The van der Waals surface area contributed by atoms with Crippen LogP contribution in [-0.2, 0) is 9.53 Å². The van der Waals surface area contributed by atoms with E-state index in [4.69, 9.17) is 27.4 Å². The molecule has 2 N–H and O–H groups in total. The lowest BCUT2D eigenvalue weighted by Gasteiger charge is -2.26. The Bertz CT molecular complexity index is 479. The van der Waals surface area contributed by atoms with Gasteiger partial charge in [0.05, 0.1) is 13.2 Å². The van der Waals surface area contributed by atoms with Crippen LogP contribution < -0.4 is 10.5 Å². The molecule has 0 atom stereocenters. The number of thiocarbonyl (C=S) groups is 1. The third-order valence-electron chi connectivity index (χ3n) is 2.83. The van der Waals surface area contributed by atoms with Gasteiger partial charge in [0.1, 0.15) is 24.0 Å². The molecule has 1 saturated heterocycles. The number of nitrogens with zero attached hydrogens (tertiary/aromatic N) is 1. The molecule has 5 nitrogen and oxygen atoms in total. The maximum absolute atomic E-state index is 11.5. The second-order valence-electron chi connectivity index (χ2n) is 4.17. The van der Waals surface area contributed by atoms with Gasteiger partial charge in [0, 0.05) is 12.1 Å².